The molecule has 1 aliphatic rings. The lowest BCUT2D eigenvalue weighted by molar-refractivity contribution is 0.174. The first-order valence-electron chi connectivity index (χ1n) is 8.03. The fourth-order valence-corrected chi connectivity index (χ4v) is 3.00. The minimum Gasteiger partial charge on any atom is -0.439 e. The number of aromatic nitrogens is 3. The Hall–Kier alpha value is -2.54. The number of piperazine rings is 1. The molecule has 0 N–H and O–H groups in total. The number of benzene rings is 1. The van der Waals surface area contributed by atoms with Gasteiger partial charge in [-0.3, -0.25) is 4.90 Å². The van der Waals surface area contributed by atoms with E-state index < -0.39 is 5.82 Å². The SMILES string of the molecule is CC(c1nc2ccccc2o1)N1CCN(c2ncc(F)cn2)CC1. The Morgan fingerprint density at radius 2 is 1.79 bits per heavy atom. The van der Waals surface area contributed by atoms with Crippen LogP contribution in [0.25, 0.3) is 11.1 Å². The number of oxazole rings is 1. The van der Waals surface area contributed by atoms with E-state index in [9.17, 15) is 4.39 Å². The molecule has 7 heteroatoms. The highest BCUT2D eigenvalue weighted by atomic mass is 19.1. The van der Waals surface area contributed by atoms with E-state index in [1.807, 2.05) is 24.3 Å². The van der Waals surface area contributed by atoms with Gasteiger partial charge in [0.15, 0.2) is 11.4 Å². The van der Waals surface area contributed by atoms with Crippen molar-refractivity contribution in [2.45, 2.75) is 13.0 Å². The topological polar surface area (TPSA) is 58.3 Å². The van der Waals surface area contributed by atoms with Crippen LogP contribution in [-0.2, 0) is 0 Å². The van der Waals surface area contributed by atoms with Crippen LogP contribution in [0.4, 0.5) is 10.3 Å². The lowest BCUT2D eigenvalue weighted by Crippen LogP contribution is -2.47. The number of rotatable bonds is 3. The molecule has 1 unspecified atom stereocenters. The third-order valence-electron chi connectivity index (χ3n) is 4.42. The van der Waals surface area contributed by atoms with Gasteiger partial charge in [-0.25, -0.2) is 19.3 Å². The molecule has 3 aromatic rings. The second-order valence-electron chi connectivity index (χ2n) is 5.92. The molecule has 0 aliphatic carbocycles. The zero-order valence-corrected chi connectivity index (χ0v) is 13.4. The smallest absolute Gasteiger partial charge is 0.225 e. The molecule has 24 heavy (non-hydrogen) atoms. The molecule has 1 atom stereocenters. The lowest BCUT2D eigenvalue weighted by atomic mass is 10.2. The maximum Gasteiger partial charge on any atom is 0.225 e. The van der Waals surface area contributed by atoms with Gasteiger partial charge >= 0.3 is 0 Å². The molecular formula is C17H18FN5O. The Morgan fingerprint density at radius 1 is 1.08 bits per heavy atom. The average Bonchev–Trinajstić information content (AvgIpc) is 3.06. The normalized spacial score (nSPS) is 17.3. The first-order valence-corrected chi connectivity index (χ1v) is 8.03. The lowest BCUT2D eigenvalue weighted by Gasteiger charge is -2.36. The van der Waals surface area contributed by atoms with E-state index in [1.165, 1.54) is 12.4 Å². The van der Waals surface area contributed by atoms with Crippen LogP contribution in [0.2, 0.25) is 0 Å². The third kappa shape index (κ3) is 2.82. The average molecular weight is 327 g/mol. The summed E-state index contributed by atoms with van der Waals surface area (Å²) in [4.78, 5) is 17.1. The van der Waals surface area contributed by atoms with Crippen molar-refractivity contribution in [2.75, 3.05) is 31.1 Å². The van der Waals surface area contributed by atoms with Gasteiger partial charge in [0, 0.05) is 26.2 Å². The van der Waals surface area contributed by atoms with Crippen LogP contribution >= 0.6 is 0 Å². The maximum atomic E-state index is 12.9. The molecule has 0 radical (unpaired) electrons. The van der Waals surface area contributed by atoms with Gasteiger partial charge in [0.1, 0.15) is 5.52 Å². The maximum absolute atomic E-state index is 12.9. The molecule has 0 bridgehead atoms. The largest absolute Gasteiger partial charge is 0.439 e. The van der Waals surface area contributed by atoms with E-state index in [0.717, 1.165) is 43.2 Å². The number of para-hydroxylation sites is 2. The summed E-state index contributed by atoms with van der Waals surface area (Å²) < 4.78 is 18.8. The highest BCUT2D eigenvalue weighted by Crippen LogP contribution is 2.25. The summed E-state index contributed by atoms with van der Waals surface area (Å²) in [5.74, 6) is 0.898. The predicted molar refractivity (Wildman–Crippen MR) is 88.2 cm³/mol. The van der Waals surface area contributed by atoms with Gasteiger partial charge in [-0.2, -0.15) is 0 Å². The molecule has 1 aromatic carbocycles. The minimum atomic E-state index is -0.415. The first kappa shape index (κ1) is 15.0. The van der Waals surface area contributed by atoms with Crippen molar-refractivity contribution in [2.24, 2.45) is 0 Å². The molecule has 4 rings (SSSR count). The molecule has 124 valence electrons. The number of halogens is 1. The van der Waals surface area contributed by atoms with Crippen molar-refractivity contribution in [1.82, 2.24) is 19.9 Å². The van der Waals surface area contributed by atoms with Gasteiger partial charge in [-0.1, -0.05) is 12.1 Å². The van der Waals surface area contributed by atoms with E-state index in [2.05, 4.69) is 31.7 Å². The quantitative estimate of drug-likeness (QED) is 0.737. The molecule has 1 aliphatic heterocycles. The summed E-state index contributed by atoms with van der Waals surface area (Å²) in [6.45, 7) is 5.38. The second-order valence-corrected chi connectivity index (χ2v) is 5.92. The number of hydrogen-bond acceptors (Lipinski definition) is 6. The molecule has 6 nitrogen and oxygen atoms in total. The Balaban J connectivity index is 1.44. The number of nitrogens with zero attached hydrogens (tertiary/aromatic N) is 5. The third-order valence-corrected chi connectivity index (χ3v) is 4.42. The van der Waals surface area contributed by atoms with Crippen molar-refractivity contribution in [3.8, 4) is 0 Å². The molecule has 1 fully saturated rings. The van der Waals surface area contributed by atoms with Gasteiger partial charge in [0.25, 0.3) is 0 Å². The van der Waals surface area contributed by atoms with Crippen LogP contribution in [0.5, 0.6) is 0 Å². The molecule has 0 spiro atoms. The minimum absolute atomic E-state index is 0.105. The van der Waals surface area contributed by atoms with Crippen LogP contribution in [0.15, 0.2) is 41.1 Å². The van der Waals surface area contributed by atoms with Gasteiger partial charge in [0.05, 0.1) is 18.4 Å². The zero-order chi connectivity index (χ0) is 16.5. The Bertz CT molecular complexity index is 793. The van der Waals surface area contributed by atoms with E-state index in [4.69, 9.17) is 4.42 Å². The molecular weight excluding hydrogens is 309 g/mol. The standard InChI is InChI=1S/C17H18FN5O/c1-12(16-21-14-4-2-3-5-15(14)24-16)22-6-8-23(9-7-22)17-19-10-13(18)11-20-17/h2-5,10-12H,6-9H2,1H3. The summed E-state index contributed by atoms with van der Waals surface area (Å²) in [5.41, 5.74) is 1.70. The van der Waals surface area contributed by atoms with Crippen molar-refractivity contribution in [3.05, 3.63) is 48.4 Å². The van der Waals surface area contributed by atoms with E-state index in [1.54, 1.807) is 0 Å². The van der Waals surface area contributed by atoms with Crippen molar-refractivity contribution in [3.63, 3.8) is 0 Å². The van der Waals surface area contributed by atoms with Crippen LogP contribution in [-0.4, -0.2) is 46.0 Å². The Morgan fingerprint density at radius 3 is 2.50 bits per heavy atom. The predicted octanol–water partition coefficient (Wildman–Crippen LogP) is 2.64. The summed E-state index contributed by atoms with van der Waals surface area (Å²) >= 11 is 0. The Kier molecular flexibility index (Phi) is 3.86. The summed E-state index contributed by atoms with van der Waals surface area (Å²) in [6, 6.07) is 7.90. The van der Waals surface area contributed by atoms with Crippen molar-refractivity contribution >= 4 is 17.0 Å². The summed E-state index contributed by atoms with van der Waals surface area (Å²) in [5, 5.41) is 0. The van der Waals surface area contributed by atoms with Gasteiger partial charge in [0.2, 0.25) is 11.8 Å². The molecule has 1 saturated heterocycles. The van der Waals surface area contributed by atoms with Gasteiger partial charge in [-0.15, -0.1) is 0 Å². The number of fused-ring (bicyclic) bond motifs is 1. The first-order chi connectivity index (χ1) is 11.7. The fraction of sp³-hybridized carbons (Fsp3) is 0.353. The van der Waals surface area contributed by atoms with Gasteiger partial charge < -0.3 is 9.32 Å². The molecule has 0 amide bonds. The number of hydrogen-bond donors (Lipinski definition) is 0. The fourth-order valence-electron chi connectivity index (χ4n) is 3.00. The monoisotopic (exact) mass is 327 g/mol. The summed E-state index contributed by atoms with van der Waals surface area (Å²) in [6.07, 6.45) is 2.41. The number of anilines is 1. The molecule has 0 saturated carbocycles. The van der Waals surface area contributed by atoms with Crippen molar-refractivity contribution < 1.29 is 8.81 Å². The molecule has 2 aromatic heterocycles. The Labute approximate surface area is 138 Å². The summed E-state index contributed by atoms with van der Waals surface area (Å²) in [7, 11) is 0. The van der Waals surface area contributed by atoms with Crippen LogP contribution in [0.3, 0.4) is 0 Å². The van der Waals surface area contributed by atoms with Crippen molar-refractivity contribution in [1.29, 1.82) is 0 Å². The highest BCUT2D eigenvalue weighted by molar-refractivity contribution is 5.72. The zero-order valence-electron chi connectivity index (χ0n) is 13.4. The van der Waals surface area contributed by atoms with Gasteiger partial charge in [-0.05, 0) is 19.1 Å². The van der Waals surface area contributed by atoms with Crippen LogP contribution in [0.1, 0.15) is 18.9 Å². The van der Waals surface area contributed by atoms with E-state index in [0.29, 0.717) is 5.95 Å². The highest BCUT2D eigenvalue weighted by Gasteiger charge is 2.26. The second kappa shape index (κ2) is 6.16. The van der Waals surface area contributed by atoms with E-state index >= 15 is 0 Å². The van der Waals surface area contributed by atoms with Crippen LogP contribution in [0, 0.1) is 5.82 Å². The van der Waals surface area contributed by atoms with E-state index in [-0.39, 0.29) is 6.04 Å². The molecule has 3 heterocycles. The van der Waals surface area contributed by atoms with Crippen LogP contribution < -0.4 is 4.90 Å².